The Hall–Kier alpha value is -1.32. The molecule has 0 amide bonds. The molecular weight excluding hydrogens is 297 g/mol. The number of thiol groups is 1. The second-order valence-corrected chi connectivity index (χ2v) is 5.29. The number of ether oxygens (including phenoxy) is 1. The lowest BCUT2D eigenvalue weighted by molar-refractivity contribution is -0.137. The zero-order chi connectivity index (χ0) is 15.9. The van der Waals surface area contributed by atoms with E-state index < -0.39 is 11.7 Å². The van der Waals surface area contributed by atoms with Crippen molar-refractivity contribution in [3.8, 4) is 5.75 Å². The molecule has 0 fully saturated rings. The molecule has 1 atom stereocenters. The number of hydrogen-bond acceptors (Lipinski definition) is 2. The molecule has 5 heteroatoms. The Morgan fingerprint density at radius 1 is 1.33 bits per heavy atom. The summed E-state index contributed by atoms with van der Waals surface area (Å²) in [5, 5.41) is -0.139. The molecule has 0 aliphatic heterocycles. The third-order valence-corrected chi connectivity index (χ3v) is 3.39. The summed E-state index contributed by atoms with van der Waals surface area (Å²) < 4.78 is 42.7. The fourth-order valence-electron chi connectivity index (χ4n) is 1.51. The summed E-state index contributed by atoms with van der Waals surface area (Å²) in [7, 11) is 0. The molecule has 0 aromatic heterocycles. The Balaban J connectivity index is 2.57. The van der Waals surface area contributed by atoms with Crippen molar-refractivity contribution in [2.24, 2.45) is 0 Å². The van der Waals surface area contributed by atoms with Crippen molar-refractivity contribution in [3.63, 3.8) is 0 Å². The number of benzene rings is 1. The highest BCUT2D eigenvalue weighted by Gasteiger charge is 2.30. The van der Waals surface area contributed by atoms with Gasteiger partial charge in [-0.15, -0.1) is 5.73 Å². The molecule has 0 aliphatic carbocycles. The van der Waals surface area contributed by atoms with Gasteiger partial charge in [-0.05, 0) is 49.3 Å². The van der Waals surface area contributed by atoms with Crippen LogP contribution in [-0.4, -0.2) is 11.9 Å². The van der Waals surface area contributed by atoms with Crippen molar-refractivity contribution in [1.82, 2.24) is 0 Å². The van der Waals surface area contributed by atoms with Gasteiger partial charge in [-0.3, -0.25) is 0 Å². The maximum atomic E-state index is 12.4. The second kappa shape index (κ2) is 8.20. The summed E-state index contributed by atoms with van der Waals surface area (Å²) in [6, 6.07) is 4.64. The van der Waals surface area contributed by atoms with Gasteiger partial charge in [0.2, 0.25) is 0 Å². The Morgan fingerprint density at radius 2 is 1.95 bits per heavy atom. The predicted molar refractivity (Wildman–Crippen MR) is 81.9 cm³/mol. The van der Waals surface area contributed by atoms with Crippen LogP contribution in [0.1, 0.15) is 32.3 Å². The summed E-state index contributed by atoms with van der Waals surface area (Å²) in [5.74, 6) is 0.396. The van der Waals surface area contributed by atoms with E-state index >= 15 is 0 Å². The number of rotatable bonds is 6. The highest BCUT2D eigenvalue weighted by Crippen LogP contribution is 2.30. The van der Waals surface area contributed by atoms with Gasteiger partial charge in [-0.25, -0.2) is 0 Å². The minimum Gasteiger partial charge on any atom is -0.492 e. The largest absolute Gasteiger partial charge is 0.492 e. The molecule has 0 spiro atoms. The van der Waals surface area contributed by atoms with E-state index in [1.165, 1.54) is 12.1 Å². The lowest BCUT2D eigenvalue weighted by Gasteiger charge is -2.13. The smallest absolute Gasteiger partial charge is 0.416 e. The highest BCUT2D eigenvalue weighted by molar-refractivity contribution is 7.81. The molecule has 0 saturated carbocycles. The maximum absolute atomic E-state index is 12.4. The van der Waals surface area contributed by atoms with Gasteiger partial charge in [-0.2, -0.15) is 25.8 Å². The Bertz CT molecular complexity index is 499. The number of hydrogen-bond donors (Lipinski definition) is 1. The third kappa shape index (κ3) is 6.32. The molecule has 0 radical (unpaired) electrons. The van der Waals surface area contributed by atoms with Crippen molar-refractivity contribution in [2.45, 2.75) is 38.1 Å². The molecule has 0 unspecified atom stereocenters. The Kier molecular flexibility index (Phi) is 6.93. The van der Waals surface area contributed by atoms with Crippen LogP contribution in [-0.2, 0) is 6.18 Å². The van der Waals surface area contributed by atoms with Crippen molar-refractivity contribution < 1.29 is 17.9 Å². The van der Waals surface area contributed by atoms with E-state index in [4.69, 9.17) is 4.74 Å². The molecule has 1 rings (SSSR count). The minimum absolute atomic E-state index is 0.139. The second-order valence-electron chi connectivity index (χ2n) is 4.67. The first-order valence-corrected chi connectivity index (χ1v) is 7.26. The molecular formula is C16H19F3OS. The lowest BCUT2D eigenvalue weighted by Crippen LogP contribution is -2.13. The van der Waals surface area contributed by atoms with E-state index in [1.807, 2.05) is 13.0 Å². The quantitative estimate of drug-likeness (QED) is 0.554. The van der Waals surface area contributed by atoms with E-state index in [0.29, 0.717) is 5.75 Å². The summed E-state index contributed by atoms with van der Waals surface area (Å²) >= 11 is 4.40. The average Bonchev–Trinajstić information content (AvgIpc) is 2.44. The van der Waals surface area contributed by atoms with E-state index in [0.717, 1.165) is 30.5 Å². The van der Waals surface area contributed by atoms with Crippen molar-refractivity contribution in [1.29, 1.82) is 0 Å². The van der Waals surface area contributed by atoms with Crippen LogP contribution in [0.25, 0.3) is 0 Å². The zero-order valence-electron chi connectivity index (χ0n) is 12.1. The summed E-state index contributed by atoms with van der Waals surface area (Å²) in [6.07, 6.45) is -0.359. The van der Waals surface area contributed by atoms with Crippen LogP contribution >= 0.6 is 12.6 Å². The molecule has 0 aliphatic rings. The standard InChI is InChI=1S/C16H19F3OS/c1-3-4-5-6-12(2)15(21)11-20-14-9-7-13(8-10-14)16(17,18)19/h5,7-10,15,21H,3-4,11H2,1-2H3/t6?,15-/m0/s1. The predicted octanol–water partition coefficient (Wildman–Crippen LogP) is 5.28. The van der Waals surface area contributed by atoms with Crippen LogP contribution in [0.3, 0.4) is 0 Å². The van der Waals surface area contributed by atoms with E-state index in [2.05, 4.69) is 25.3 Å². The van der Waals surface area contributed by atoms with Gasteiger partial charge in [-0.1, -0.05) is 13.3 Å². The fraction of sp³-hybridized carbons (Fsp3) is 0.438. The van der Waals surface area contributed by atoms with Gasteiger partial charge in [0.25, 0.3) is 0 Å². The van der Waals surface area contributed by atoms with E-state index in [9.17, 15) is 13.2 Å². The van der Waals surface area contributed by atoms with Crippen molar-refractivity contribution >= 4 is 12.6 Å². The minimum atomic E-state index is -4.33. The van der Waals surface area contributed by atoms with Gasteiger partial charge in [0.1, 0.15) is 12.4 Å². The first-order valence-electron chi connectivity index (χ1n) is 6.74. The van der Waals surface area contributed by atoms with Gasteiger partial charge in [0.05, 0.1) is 10.8 Å². The molecule has 1 nitrogen and oxygen atoms in total. The molecule has 1 aromatic carbocycles. The van der Waals surface area contributed by atoms with Crippen LogP contribution in [0.2, 0.25) is 0 Å². The normalized spacial score (nSPS) is 12.5. The van der Waals surface area contributed by atoms with E-state index in [-0.39, 0.29) is 11.9 Å². The fourth-order valence-corrected chi connectivity index (χ4v) is 1.66. The number of unbranched alkanes of at least 4 members (excludes halogenated alkanes) is 1. The van der Waals surface area contributed by atoms with E-state index in [1.54, 1.807) is 0 Å². The highest BCUT2D eigenvalue weighted by atomic mass is 32.1. The number of halogens is 3. The molecule has 0 N–H and O–H groups in total. The zero-order valence-corrected chi connectivity index (χ0v) is 13.0. The monoisotopic (exact) mass is 316 g/mol. The molecule has 0 bridgehead atoms. The van der Waals surface area contributed by atoms with Crippen LogP contribution in [0.5, 0.6) is 5.75 Å². The van der Waals surface area contributed by atoms with Crippen molar-refractivity contribution in [3.05, 3.63) is 47.2 Å². The van der Waals surface area contributed by atoms with Crippen molar-refractivity contribution in [2.75, 3.05) is 6.61 Å². The summed E-state index contributed by atoms with van der Waals surface area (Å²) in [4.78, 5) is 0. The Morgan fingerprint density at radius 3 is 2.48 bits per heavy atom. The lowest BCUT2D eigenvalue weighted by atomic mass is 10.2. The molecule has 116 valence electrons. The average molecular weight is 316 g/mol. The van der Waals surface area contributed by atoms with Gasteiger partial charge < -0.3 is 4.74 Å². The molecule has 0 saturated heterocycles. The SMILES string of the molecule is CCCC=C=C(C)[C@@H](S)COc1ccc(C(F)(F)F)cc1. The maximum Gasteiger partial charge on any atom is 0.416 e. The topological polar surface area (TPSA) is 9.23 Å². The van der Waals surface area contributed by atoms with Gasteiger partial charge >= 0.3 is 6.18 Å². The van der Waals surface area contributed by atoms with Gasteiger partial charge in [0.15, 0.2) is 0 Å². The first kappa shape index (κ1) is 17.7. The third-order valence-electron chi connectivity index (χ3n) is 2.85. The Labute approximate surface area is 128 Å². The van der Waals surface area contributed by atoms with Crippen LogP contribution in [0.15, 0.2) is 41.6 Å². The van der Waals surface area contributed by atoms with Crippen LogP contribution < -0.4 is 4.74 Å². The molecule has 0 heterocycles. The van der Waals surface area contributed by atoms with Gasteiger partial charge in [0, 0.05) is 0 Å². The summed E-state index contributed by atoms with van der Waals surface area (Å²) in [6.45, 7) is 4.27. The van der Waals surface area contributed by atoms with Crippen LogP contribution in [0, 0.1) is 0 Å². The van der Waals surface area contributed by atoms with Crippen LogP contribution in [0.4, 0.5) is 13.2 Å². The molecule has 1 aromatic rings. The molecule has 21 heavy (non-hydrogen) atoms. The summed E-state index contributed by atoms with van der Waals surface area (Å²) in [5.41, 5.74) is 3.39. The number of alkyl halides is 3. The first-order chi connectivity index (χ1) is 9.84.